The molecule has 0 bridgehead atoms. The molecular formula is C22H20ClF3N4O2. The van der Waals surface area contributed by atoms with Crippen molar-refractivity contribution in [1.82, 2.24) is 15.8 Å². The quantitative estimate of drug-likeness (QED) is 0.639. The van der Waals surface area contributed by atoms with E-state index in [1.165, 1.54) is 30.3 Å². The molecule has 6 nitrogen and oxygen atoms in total. The van der Waals surface area contributed by atoms with Gasteiger partial charge in [-0.15, -0.1) is 0 Å². The molecule has 2 aromatic rings. The van der Waals surface area contributed by atoms with Crippen LogP contribution in [0.4, 0.5) is 18.9 Å². The van der Waals surface area contributed by atoms with Gasteiger partial charge in [0.2, 0.25) is 5.91 Å². The van der Waals surface area contributed by atoms with E-state index < -0.39 is 30.2 Å². The van der Waals surface area contributed by atoms with Crippen molar-refractivity contribution in [2.75, 3.05) is 5.32 Å². The fourth-order valence-corrected chi connectivity index (χ4v) is 4.05. The number of amides is 2. The summed E-state index contributed by atoms with van der Waals surface area (Å²) >= 11 is 5.91. The maximum absolute atomic E-state index is 13.9. The topological polar surface area (TPSA) is 73.5 Å². The average molecular weight is 465 g/mol. The third kappa shape index (κ3) is 4.31. The molecule has 3 unspecified atom stereocenters. The number of alkyl halides is 3. The van der Waals surface area contributed by atoms with Gasteiger partial charge in [0.1, 0.15) is 12.2 Å². The highest BCUT2D eigenvalue weighted by atomic mass is 35.5. The molecule has 2 heterocycles. The fourth-order valence-electron chi connectivity index (χ4n) is 3.92. The Morgan fingerprint density at radius 3 is 2.56 bits per heavy atom. The van der Waals surface area contributed by atoms with Crippen LogP contribution in [0.25, 0.3) is 5.70 Å². The summed E-state index contributed by atoms with van der Waals surface area (Å²) in [7, 11) is 0. The van der Waals surface area contributed by atoms with Gasteiger partial charge in [-0.3, -0.25) is 14.6 Å². The highest BCUT2D eigenvalue weighted by Gasteiger charge is 2.57. The van der Waals surface area contributed by atoms with Gasteiger partial charge in [-0.25, -0.2) is 5.43 Å². The monoisotopic (exact) mass is 464 g/mol. The number of hydrazine groups is 1. The summed E-state index contributed by atoms with van der Waals surface area (Å²) < 4.78 is 41.6. The van der Waals surface area contributed by atoms with Gasteiger partial charge in [0.25, 0.3) is 5.91 Å². The highest BCUT2D eigenvalue weighted by Crippen LogP contribution is 2.41. The van der Waals surface area contributed by atoms with Gasteiger partial charge in [-0.05, 0) is 35.4 Å². The molecule has 10 heteroatoms. The van der Waals surface area contributed by atoms with E-state index in [0.29, 0.717) is 34.0 Å². The van der Waals surface area contributed by atoms with Crippen molar-refractivity contribution in [3.8, 4) is 0 Å². The molecule has 4 rings (SSSR count). The lowest BCUT2D eigenvalue weighted by Gasteiger charge is -2.33. The molecular weight excluding hydrogens is 445 g/mol. The minimum atomic E-state index is -4.59. The molecule has 168 valence electrons. The van der Waals surface area contributed by atoms with Crippen LogP contribution in [0.3, 0.4) is 0 Å². The van der Waals surface area contributed by atoms with Crippen LogP contribution in [0, 0.1) is 0 Å². The second-order valence-electron chi connectivity index (χ2n) is 7.56. The zero-order valence-electron chi connectivity index (χ0n) is 16.9. The number of anilines is 1. The number of hydrogen-bond acceptors (Lipinski definition) is 4. The molecule has 1 fully saturated rings. The standard InChI is InChI=1S/C22H20ClF3N4O2/c1-2-17(31)27-15-5-3-4-13(10-15)16-11-18(32)30-21(28-16)19(20(29-30)22(24,25)26)12-6-8-14(23)9-7-12/h3-11,19-21,28-29H,2H2,1H3,(H,27,31). The summed E-state index contributed by atoms with van der Waals surface area (Å²) in [6.45, 7) is 1.72. The Bertz CT molecular complexity index is 1070. The molecule has 0 aliphatic carbocycles. The largest absolute Gasteiger partial charge is 0.406 e. The minimum absolute atomic E-state index is 0.175. The third-order valence-electron chi connectivity index (χ3n) is 5.45. The van der Waals surface area contributed by atoms with Gasteiger partial charge in [0.05, 0.1) is 5.92 Å². The number of nitrogens with zero attached hydrogens (tertiary/aromatic N) is 1. The molecule has 0 radical (unpaired) electrons. The summed E-state index contributed by atoms with van der Waals surface area (Å²) in [5.74, 6) is -1.88. The number of hydrogen-bond donors (Lipinski definition) is 3. The lowest BCUT2D eigenvalue weighted by molar-refractivity contribution is -0.161. The van der Waals surface area contributed by atoms with Crippen LogP contribution in [0.2, 0.25) is 5.02 Å². The van der Waals surface area contributed by atoms with Crippen LogP contribution in [0.1, 0.15) is 30.4 Å². The Kier molecular flexibility index (Phi) is 5.87. The van der Waals surface area contributed by atoms with Crippen LogP contribution < -0.4 is 16.1 Å². The Labute approximate surface area is 187 Å². The minimum Gasteiger partial charge on any atom is -0.363 e. The molecule has 1 saturated heterocycles. The first-order chi connectivity index (χ1) is 15.2. The van der Waals surface area contributed by atoms with Crippen molar-refractivity contribution in [2.24, 2.45) is 0 Å². The lowest BCUT2D eigenvalue weighted by atomic mass is 9.89. The van der Waals surface area contributed by atoms with Gasteiger partial charge in [-0.1, -0.05) is 42.8 Å². The first-order valence-corrected chi connectivity index (χ1v) is 10.3. The van der Waals surface area contributed by atoms with E-state index in [2.05, 4.69) is 16.1 Å². The van der Waals surface area contributed by atoms with Gasteiger partial charge in [-0.2, -0.15) is 13.2 Å². The summed E-state index contributed by atoms with van der Waals surface area (Å²) in [6.07, 6.45) is -4.03. The number of rotatable bonds is 4. The molecule has 0 spiro atoms. The number of carbonyl (C=O) groups excluding carboxylic acids is 2. The number of halogens is 4. The maximum Gasteiger partial charge on any atom is 0.406 e. The summed E-state index contributed by atoms with van der Waals surface area (Å²) in [4.78, 5) is 24.5. The van der Waals surface area contributed by atoms with E-state index in [1.807, 2.05) is 0 Å². The van der Waals surface area contributed by atoms with Gasteiger partial charge in [0, 0.05) is 28.9 Å². The first kappa shape index (κ1) is 22.2. The molecule has 32 heavy (non-hydrogen) atoms. The molecule has 3 atom stereocenters. The lowest BCUT2D eigenvalue weighted by Crippen LogP contribution is -2.53. The zero-order valence-corrected chi connectivity index (χ0v) is 17.7. The highest BCUT2D eigenvalue weighted by molar-refractivity contribution is 6.30. The summed E-state index contributed by atoms with van der Waals surface area (Å²) in [5, 5.41) is 7.19. The Morgan fingerprint density at radius 1 is 1.19 bits per heavy atom. The first-order valence-electron chi connectivity index (χ1n) is 9.97. The summed E-state index contributed by atoms with van der Waals surface area (Å²) in [5.41, 5.74) is 4.18. The second kappa shape index (κ2) is 8.48. The Morgan fingerprint density at radius 2 is 1.91 bits per heavy atom. The molecule has 2 aromatic carbocycles. The fraction of sp³-hybridized carbons (Fsp3) is 0.273. The van der Waals surface area contributed by atoms with E-state index >= 15 is 0 Å². The third-order valence-corrected chi connectivity index (χ3v) is 5.70. The Balaban J connectivity index is 1.68. The predicted octanol–water partition coefficient (Wildman–Crippen LogP) is 4.02. The second-order valence-corrected chi connectivity index (χ2v) is 8.00. The van der Waals surface area contributed by atoms with Crippen molar-refractivity contribution in [1.29, 1.82) is 0 Å². The van der Waals surface area contributed by atoms with Crippen molar-refractivity contribution >= 4 is 34.8 Å². The maximum atomic E-state index is 13.9. The van der Waals surface area contributed by atoms with E-state index in [1.54, 1.807) is 31.2 Å². The molecule has 2 amide bonds. The number of carbonyl (C=O) groups is 2. The van der Waals surface area contributed by atoms with E-state index in [0.717, 1.165) is 5.01 Å². The van der Waals surface area contributed by atoms with Crippen LogP contribution in [-0.4, -0.2) is 35.2 Å². The summed E-state index contributed by atoms with van der Waals surface area (Å²) in [6, 6.07) is 10.9. The molecule has 2 aliphatic heterocycles. The average Bonchev–Trinajstić information content (AvgIpc) is 3.15. The van der Waals surface area contributed by atoms with E-state index in [-0.39, 0.29) is 5.91 Å². The molecule has 2 aliphatic rings. The van der Waals surface area contributed by atoms with Gasteiger partial charge < -0.3 is 10.6 Å². The predicted molar refractivity (Wildman–Crippen MR) is 114 cm³/mol. The van der Waals surface area contributed by atoms with Crippen LogP contribution in [0.5, 0.6) is 0 Å². The van der Waals surface area contributed by atoms with Crippen molar-refractivity contribution in [3.63, 3.8) is 0 Å². The van der Waals surface area contributed by atoms with Gasteiger partial charge in [0.15, 0.2) is 0 Å². The number of fused-ring (bicyclic) bond motifs is 1. The smallest absolute Gasteiger partial charge is 0.363 e. The number of nitrogens with one attached hydrogen (secondary N) is 3. The van der Waals surface area contributed by atoms with Crippen LogP contribution in [0.15, 0.2) is 54.6 Å². The van der Waals surface area contributed by atoms with E-state index in [4.69, 9.17) is 11.6 Å². The van der Waals surface area contributed by atoms with Crippen molar-refractivity contribution in [3.05, 3.63) is 70.8 Å². The Hall–Kier alpha value is -3.04. The zero-order chi connectivity index (χ0) is 23.0. The molecule has 3 N–H and O–H groups in total. The van der Waals surface area contributed by atoms with Crippen molar-refractivity contribution in [2.45, 2.75) is 37.6 Å². The van der Waals surface area contributed by atoms with Crippen LogP contribution >= 0.6 is 11.6 Å². The van der Waals surface area contributed by atoms with Crippen molar-refractivity contribution < 1.29 is 22.8 Å². The molecule has 0 aromatic heterocycles. The SMILES string of the molecule is CCC(=O)Nc1cccc(C2=CC(=O)N3NC(C(F)(F)F)C(c4ccc(Cl)cc4)C3N2)c1. The van der Waals surface area contributed by atoms with Crippen LogP contribution in [-0.2, 0) is 9.59 Å². The van der Waals surface area contributed by atoms with E-state index in [9.17, 15) is 22.8 Å². The van der Waals surface area contributed by atoms with Gasteiger partial charge >= 0.3 is 6.18 Å². The molecule has 0 saturated carbocycles. The number of benzene rings is 2. The normalized spacial score (nSPS) is 22.8.